The molecule has 2 aliphatic rings. The lowest BCUT2D eigenvalue weighted by molar-refractivity contribution is 0.176. The van der Waals surface area contributed by atoms with E-state index in [1.807, 2.05) is 18.7 Å². The summed E-state index contributed by atoms with van der Waals surface area (Å²) in [4.78, 5) is 20.9. The normalized spacial score (nSPS) is 25.2. The van der Waals surface area contributed by atoms with E-state index in [1.165, 1.54) is 12.3 Å². The molecule has 0 bridgehead atoms. The van der Waals surface area contributed by atoms with Gasteiger partial charge in [-0.05, 0) is 49.9 Å². The van der Waals surface area contributed by atoms with Gasteiger partial charge in [0.15, 0.2) is 5.65 Å². The van der Waals surface area contributed by atoms with E-state index in [-0.39, 0.29) is 18.5 Å². The van der Waals surface area contributed by atoms with Crippen LogP contribution in [0.3, 0.4) is 0 Å². The van der Waals surface area contributed by atoms with Crippen LogP contribution in [0, 0.1) is 17.6 Å². The minimum atomic E-state index is -0.799. The maximum Gasteiger partial charge on any atom is 0.322 e. The van der Waals surface area contributed by atoms with Gasteiger partial charge < -0.3 is 20.2 Å². The number of nitrogens with zero attached hydrogens (tertiary/aromatic N) is 5. The average Bonchev–Trinajstić information content (AvgIpc) is 3.48. The van der Waals surface area contributed by atoms with Crippen molar-refractivity contribution in [3.05, 3.63) is 53.9 Å². The molecule has 2 amide bonds. The molecule has 0 spiro atoms. The van der Waals surface area contributed by atoms with Crippen LogP contribution in [0.4, 0.5) is 25.1 Å². The Labute approximate surface area is 189 Å². The second kappa shape index (κ2) is 7.95. The number of likely N-dealkylation sites (tertiary alicyclic amines) is 1. The molecule has 4 heterocycles. The number of hydrogen-bond donors (Lipinski definition) is 2. The standard InChI is InChI=1S/C23H26F2N6O2/c1-14-5-9-30(23(14,2)17-11-15(24)3-4-18(17)25)20-7-10-31-21(28-20)19(12-26-31)27-22(33)29-8-6-16(32)13-29/h3-4,7,10-12,14,16,32H,5-6,8-9,13H2,1-2H3,(H,27,33)/t14?,16-,23+/m0/s1. The maximum atomic E-state index is 14.8. The molecule has 2 aromatic heterocycles. The molecular formula is C23H26F2N6O2. The summed E-state index contributed by atoms with van der Waals surface area (Å²) in [6.07, 6.45) is 4.08. The maximum absolute atomic E-state index is 14.8. The number of fused-ring (bicyclic) bond motifs is 1. The highest BCUT2D eigenvalue weighted by Gasteiger charge is 2.46. The van der Waals surface area contributed by atoms with Crippen molar-refractivity contribution in [2.45, 2.75) is 38.3 Å². The highest BCUT2D eigenvalue weighted by Crippen LogP contribution is 2.46. The first-order valence-corrected chi connectivity index (χ1v) is 11.1. The van der Waals surface area contributed by atoms with E-state index in [1.54, 1.807) is 21.7 Å². The molecule has 8 nitrogen and oxygen atoms in total. The Kier molecular flexibility index (Phi) is 5.19. The molecule has 2 N–H and O–H groups in total. The number of aliphatic hydroxyl groups excluding tert-OH is 1. The van der Waals surface area contributed by atoms with Crippen LogP contribution in [-0.2, 0) is 5.54 Å². The minimum Gasteiger partial charge on any atom is -0.391 e. The third-order valence-electron chi connectivity index (χ3n) is 7.10. The van der Waals surface area contributed by atoms with Gasteiger partial charge in [0.1, 0.15) is 23.1 Å². The Morgan fingerprint density at radius 1 is 1.24 bits per heavy atom. The van der Waals surface area contributed by atoms with E-state index < -0.39 is 23.3 Å². The Morgan fingerprint density at radius 3 is 2.82 bits per heavy atom. The summed E-state index contributed by atoms with van der Waals surface area (Å²) in [6, 6.07) is 5.01. The van der Waals surface area contributed by atoms with Crippen LogP contribution in [-0.4, -0.2) is 56.4 Å². The fourth-order valence-corrected chi connectivity index (χ4v) is 4.97. The predicted molar refractivity (Wildman–Crippen MR) is 119 cm³/mol. The molecule has 3 aromatic rings. The van der Waals surface area contributed by atoms with Crippen molar-refractivity contribution >= 4 is 23.2 Å². The van der Waals surface area contributed by atoms with Crippen LogP contribution in [0.2, 0.25) is 0 Å². The van der Waals surface area contributed by atoms with Gasteiger partial charge in [-0.25, -0.2) is 23.1 Å². The molecule has 0 saturated carbocycles. The van der Waals surface area contributed by atoms with Crippen molar-refractivity contribution in [1.82, 2.24) is 19.5 Å². The zero-order valence-corrected chi connectivity index (χ0v) is 18.5. The first-order chi connectivity index (χ1) is 15.8. The number of nitrogens with one attached hydrogen (secondary N) is 1. The van der Waals surface area contributed by atoms with Crippen molar-refractivity contribution in [3.8, 4) is 0 Å². The number of carbonyl (C=O) groups excluding carboxylic acids is 1. The molecule has 0 radical (unpaired) electrons. The Bertz CT molecular complexity index is 1220. The third-order valence-corrected chi connectivity index (χ3v) is 7.10. The number of β-amino-alcohol motifs (C(OH)–C–C–N with tert-alkyl or cyclic N) is 1. The van der Waals surface area contributed by atoms with Gasteiger partial charge in [0, 0.05) is 31.4 Å². The molecule has 2 saturated heterocycles. The Hall–Kier alpha value is -3.27. The summed E-state index contributed by atoms with van der Waals surface area (Å²) in [5, 5.41) is 16.8. The fraction of sp³-hybridized carbons (Fsp3) is 0.435. The van der Waals surface area contributed by atoms with Crippen molar-refractivity contribution in [3.63, 3.8) is 0 Å². The van der Waals surface area contributed by atoms with Crippen LogP contribution < -0.4 is 10.2 Å². The topological polar surface area (TPSA) is 86.0 Å². The Morgan fingerprint density at radius 2 is 2.06 bits per heavy atom. The number of anilines is 2. The average molecular weight is 456 g/mol. The number of aromatic nitrogens is 3. The lowest BCUT2D eigenvalue weighted by Gasteiger charge is -2.40. The summed E-state index contributed by atoms with van der Waals surface area (Å²) in [7, 11) is 0. The number of urea groups is 1. The lowest BCUT2D eigenvalue weighted by Crippen LogP contribution is -2.43. The van der Waals surface area contributed by atoms with Crippen LogP contribution >= 0.6 is 0 Å². The van der Waals surface area contributed by atoms with Crippen LogP contribution in [0.5, 0.6) is 0 Å². The fourth-order valence-electron chi connectivity index (χ4n) is 4.97. The molecule has 2 fully saturated rings. The number of amides is 2. The van der Waals surface area contributed by atoms with Gasteiger partial charge >= 0.3 is 6.03 Å². The molecule has 5 rings (SSSR count). The smallest absolute Gasteiger partial charge is 0.322 e. The summed E-state index contributed by atoms with van der Waals surface area (Å²) in [5.41, 5.74) is 0.382. The monoisotopic (exact) mass is 456 g/mol. The van der Waals surface area contributed by atoms with E-state index in [0.717, 1.165) is 18.6 Å². The highest BCUT2D eigenvalue weighted by atomic mass is 19.1. The van der Waals surface area contributed by atoms with Crippen molar-refractivity contribution in [2.75, 3.05) is 29.9 Å². The summed E-state index contributed by atoms with van der Waals surface area (Å²) < 4.78 is 30.4. The molecule has 33 heavy (non-hydrogen) atoms. The molecule has 1 unspecified atom stereocenters. The minimum absolute atomic E-state index is 0.0532. The van der Waals surface area contributed by atoms with E-state index >= 15 is 0 Å². The van der Waals surface area contributed by atoms with Crippen LogP contribution in [0.15, 0.2) is 36.7 Å². The van der Waals surface area contributed by atoms with E-state index in [9.17, 15) is 18.7 Å². The van der Waals surface area contributed by atoms with Crippen molar-refractivity contribution in [2.24, 2.45) is 5.92 Å². The van der Waals surface area contributed by atoms with E-state index in [2.05, 4.69) is 10.4 Å². The van der Waals surface area contributed by atoms with Crippen molar-refractivity contribution in [1.29, 1.82) is 0 Å². The van der Waals surface area contributed by atoms with Gasteiger partial charge in [0.25, 0.3) is 0 Å². The number of benzene rings is 1. The zero-order chi connectivity index (χ0) is 23.3. The van der Waals surface area contributed by atoms with E-state index in [4.69, 9.17) is 4.98 Å². The van der Waals surface area contributed by atoms with Gasteiger partial charge in [0.05, 0.1) is 17.8 Å². The number of carbonyl (C=O) groups is 1. The summed E-state index contributed by atoms with van der Waals surface area (Å²) in [5.74, 6) is -0.296. The lowest BCUT2D eigenvalue weighted by atomic mass is 9.81. The molecule has 1 aromatic carbocycles. The SMILES string of the molecule is CC1CCN(c2ccn3ncc(NC(=O)N4CC[C@H](O)C4)c3n2)[C@@]1(C)c1cc(F)ccc1F. The van der Waals surface area contributed by atoms with Gasteiger partial charge in [-0.2, -0.15) is 5.10 Å². The zero-order valence-electron chi connectivity index (χ0n) is 18.5. The van der Waals surface area contributed by atoms with Crippen LogP contribution in [0.1, 0.15) is 32.3 Å². The molecular weight excluding hydrogens is 430 g/mol. The van der Waals surface area contributed by atoms with Gasteiger partial charge in [0.2, 0.25) is 0 Å². The summed E-state index contributed by atoms with van der Waals surface area (Å²) >= 11 is 0. The molecule has 3 atom stereocenters. The first kappa shape index (κ1) is 21.6. The van der Waals surface area contributed by atoms with Crippen molar-refractivity contribution < 1.29 is 18.7 Å². The number of halogens is 2. The molecule has 10 heteroatoms. The number of aliphatic hydroxyl groups is 1. The number of rotatable bonds is 3. The largest absolute Gasteiger partial charge is 0.391 e. The van der Waals surface area contributed by atoms with Gasteiger partial charge in [-0.15, -0.1) is 0 Å². The predicted octanol–water partition coefficient (Wildman–Crippen LogP) is 3.37. The quantitative estimate of drug-likeness (QED) is 0.631. The Balaban J connectivity index is 1.50. The molecule has 0 aliphatic carbocycles. The third kappa shape index (κ3) is 3.58. The molecule has 174 valence electrons. The molecule has 2 aliphatic heterocycles. The second-order valence-electron chi connectivity index (χ2n) is 9.04. The van der Waals surface area contributed by atoms with Gasteiger partial charge in [-0.3, -0.25) is 0 Å². The van der Waals surface area contributed by atoms with Gasteiger partial charge in [-0.1, -0.05) is 6.92 Å². The highest BCUT2D eigenvalue weighted by molar-refractivity contribution is 5.93. The van der Waals surface area contributed by atoms with Crippen LogP contribution in [0.25, 0.3) is 5.65 Å². The van der Waals surface area contributed by atoms with E-state index in [0.29, 0.717) is 42.2 Å². The first-order valence-electron chi connectivity index (χ1n) is 11.1. The number of hydrogen-bond acceptors (Lipinski definition) is 5. The summed E-state index contributed by atoms with van der Waals surface area (Å²) in [6.45, 7) is 5.32. The second-order valence-corrected chi connectivity index (χ2v) is 9.04.